The van der Waals surface area contributed by atoms with Crippen molar-refractivity contribution in [2.24, 2.45) is 0 Å². The van der Waals surface area contributed by atoms with E-state index in [2.05, 4.69) is 40.4 Å². The van der Waals surface area contributed by atoms with Gasteiger partial charge in [0.25, 0.3) is 0 Å². The van der Waals surface area contributed by atoms with E-state index in [1.165, 1.54) is 50.5 Å². The molecule has 4 heteroatoms. The molecule has 2 heterocycles. The molecule has 2 aliphatic carbocycles. The van der Waals surface area contributed by atoms with Gasteiger partial charge < -0.3 is 5.73 Å². The summed E-state index contributed by atoms with van der Waals surface area (Å²) in [5.74, 6) is 2.02. The predicted octanol–water partition coefficient (Wildman–Crippen LogP) is 4.90. The maximum absolute atomic E-state index is 6.43. The SMILES string of the molecule is Nc1c(-c2ccc(C3CCCCC3)cc2)cnc2cc(C3CC3)nn12. The van der Waals surface area contributed by atoms with Gasteiger partial charge in [-0.05, 0) is 42.7 Å². The molecular weight excluding hydrogens is 308 g/mol. The summed E-state index contributed by atoms with van der Waals surface area (Å²) in [7, 11) is 0. The van der Waals surface area contributed by atoms with Gasteiger partial charge in [-0.1, -0.05) is 43.5 Å². The van der Waals surface area contributed by atoms with Crippen molar-refractivity contribution in [1.29, 1.82) is 0 Å². The van der Waals surface area contributed by atoms with Gasteiger partial charge in [-0.2, -0.15) is 9.61 Å². The van der Waals surface area contributed by atoms with E-state index in [9.17, 15) is 0 Å². The number of hydrogen-bond acceptors (Lipinski definition) is 3. The largest absolute Gasteiger partial charge is 0.383 e. The molecule has 3 aromatic rings. The van der Waals surface area contributed by atoms with Gasteiger partial charge in [-0.25, -0.2) is 4.98 Å². The van der Waals surface area contributed by atoms with Crippen LogP contribution in [-0.2, 0) is 0 Å². The smallest absolute Gasteiger partial charge is 0.157 e. The lowest BCUT2D eigenvalue weighted by Gasteiger charge is -2.22. The van der Waals surface area contributed by atoms with E-state index in [1.54, 1.807) is 4.52 Å². The van der Waals surface area contributed by atoms with Crippen molar-refractivity contribution in [2.45, 2.75) is 56.8 Å². The Morgan fingerprint density at radius 1 is 0.920 bits per heavy atom. The van der Waals surface area contributed by atoms with Crippen LogP contribution in [0.25, 0.3) is 16.8 Å². The minimum atomic E-state index is 0.610. The highest BCUT2D eigenvalue weighted by Gasteiger charge is 2.27. The van der Waals surface area contributed by atoms with Gasteiger partial charge in [0.05, 0.1) is 5.69 Å². The van der Waals surface area contributed by atoms with Crippen LogP contribution in [0.5, 0.6) is 0 Å². The molecular formula is C21H24N4. The molecule has 2 aromatic heterocycles. The first-order valence-electron chi connectivity index (χ1n) is 9.54. The number of anilines is 1. The van der Waals surface area contributed by atoms with Gasteiger partial charge >= 0.3 is 0 Å². The van der Waals surface area contributed by atoms with Crippen LogP contribution in [0.3, 0.4) is 0 Å². The minimum Gasteiger partial charge on any atom is -0.383 e. The van der Waals surface area contributed by atoms with E-state index in [-0.39, 0.29) is 0 Å². The summed E-state index contributed by atoms with van der Waals surface area (Å²) < 4.78 is 1.80. The molecule has 1 aromatic carbocycles. The molecule has 0 aliphatic heterocycles. The molecule has 25 heavy (non-hydrogen) atoms. The number of rotatable bonds is 3. The number of hydrogen-bond donors (Lipinski definition) is 1. The van der Waals surface area contributed by atoms with Crippen LogP contribution in [0.4, 0.5) is 5.82 Å². The van der Waals surface area contributed by atoms with Gasteiger partial charge in [0.2, 0.25) is 0 Å². The first kappa shape index (κ1) is 14.9. The Labute approximate surface area is 148 Å². The average Bonchev–Trinajstić information content (AvgIpc) is 3.42. The van der Waals surface area contributed by atoms with Crippen LogP contribution in [-0.4, -0.2) is 14.6 Å². The predicted molar refractivity (Wildman–Crippen MR) is 101 cm³/mol. The molecule has 2 saturated carbocycles. The Balaban J connectivity index is 1.48. The molecule has 128 valence electrons. The number of nitrogen functional groups attached to an aromatic ring is 1. The van der Waals surface area contributed by atoms with E-state index >= 15 is 0 Å². The second-order valence-corrected chi connectivity index (χ2v) is 7.63. The van der Waals surface area contributed by atoms with Crippen molar-refractivity contribution >= 4 is 11.5 Å². The lowest BCUT2D eigenvalue weighted by molar-refractivity contribution is 0.443. The van der Waals surface area contributed by atoms with E-state index < -0.39 is 0 Å². The second kappa shape index (κ2) is 5.87. The van der Waals surface area contributed by atoms with Crippen molar-refractivity contribution in [3.05, 3.63) is 47.8 Å². The van der Waals surface area contributed by atoms with E-state index in [0.717, 1.165) is 28.4 Å². The first-order valence-corrected chi connectivity index (χ1v) is 9.54. The molecule has 2 aliphatic rings. The highest BCUT2D eigenvalue weighted by atomic mass is 15.3. The topological polar surface area (TPSA) is 56.2 Å². The van der Waals surface area contributed by atoms with Gasteiger partial charge in [-0.15, -0.1) is 0 Å². The quantitative estimate of drug-likeness (QED) is 0.742. The minimum absolute atomic E-state index is 0.610. The maximum Gasteiger partial charge on any atom is 0.157 e. The molecule has 4 nitrogen and oxygen atoms in total. The number of nitrogens with two attached hydrogens (primary N) is 1. The van der Waals surface area contributed by atoms with Crippen LogP contribution < -0.4 is 5.73 Å². The van der Waals surface area contributed by atoms with Crippen molar-refractivity contribution in [1.82, 2.24) is 14.6 Å². The Kier molecular flexibility index (Phi) is 3.51. The molecule has 0 radical (unpaired) electrons. The number of nitrogens with zero attached hydrogens (tertiary/aromatic N) is 3. The highest BCUT2D eigenvalue weighted by Crippen LogP contribution is 2.40. The van der Waals surface area contributed by atoms with Gasteiger partial charge in [0.15, 0.2) is 5.65 Å². The van der Waals surface area contributed by atoms with Crippen molar-refractivity contribution in [3.63, 3.8) is 0 Å². The van der Waals surface area contributed by atoms with E-state index in [0.29, 0.717) is 11.7 Å². The lowest BCUT2D eigenvalue weighted by atomic mass is 9.84. The van der Waals surface area contributed by atoms with Crippen molar-refractivity contribution in [3.8, 4) is 11.1 Å². The van der Waals surface area contributed by atoms with Crippen LogP contribution >= 0.6 is 0 Å². The molecule has 5 rings (SSSR count). The zero-order valence-corrected chi connectivity index (χ0v) is 14.5. The van der Waals surface area contributed by atoms with E-state index in [4.69, 9.17) is 5.73 Å². The standard InChI is InChI=1S/C21H24N4/c22-21-18(13-23-20-12-19(17-10-11-17)24-25(20)21)16-8-6-15(7-9-16)14-4-2-1-3-5-14/h6-9,12-14,17H,1-5,10-11,22H2. The third kappa shape index (κ3) is 2.70. The Morgan fingerprint density at radius 3 is 2.40 bits per heavy atom. The van der Waals surface area contributed by atoms with Crippen LogP contribution in [0.2, 0.25) is 0 Å². The van der Waals surface area contributed by atoms with Gasteiger partial charge in [-0.3, -0.25) is 0 Å². The van der Waals surface area contributed by atoms with Gasteiger partial charge in [0, 0.05) is 23.7 Å². The fraction of sp³-hybridized carbons (Fsp3) is 0.429. The summed E-state index contributed by atoms with van der Waals surface area (Å²) in [4.78, 5) is 4.58. The maximum atomic E-state index is 6.43. The molecule has 0 unspecified atom stereocenters. The molecule has 0 bridgehead atoms. The highest BCUT2D eigenvalue weighted by molar-refractivity contribution is 5.75. The molecule has 0 atom stereocenters. The first-order chi connectivity index (χ1) is 12.3. The third-order valence-electron chi connectivity index (χ3n) is 5.83. The van der Waals surface area contributed by atoms with Crippen LogP contribution in [0, 0.1) is 0 Å². The molecule has 2 N–H and O–H groups in total. The Bertz CT molecular complexity index is 900. The summed E-state index contributed by atoms with van der Waals surface area (Å²) in [5.41, 5.74) is 12.0. The number of fused-ring (bicyclic) bond motifs is 1. The molecule has 2 fully saturated rings. The summed E-state index contributed by atoms with van der Waals surface area (Å²) >= 11 is 0. The Morgan fingerprint density at radius 2 is 1.68 bits per heavy atom. The lowest BCUT2D eigenvalue weighted by Crippen LogP contribution is -2.05. The third-order valence-corrected chi connectivity index (χ3v) is 5.83. The van der Waals surface area contributed by atoms with Crippen molar-refractivity contribution < 1.29 is 0 Å². The zero-order chi connectivity index (χ0) is 16.8. The number of aromatic nitrogens is 3. The normalized spacial score (nSPS) is 18.7. The monoisotopic (exact) mass is 332 g/mol. The van der Waals surface area contributed by atoms with E-state index in [1.807, 2.05) is 6.20 Å². The van der Waals surface area contributed by atoms with Crippen LogP contribution in [0.1, 0.15) is 68.0 Å². The Hall–Kier alpha value is -2.36. The molecule has 0 amide bonds. The zero-order valence-electron chi connectivity index (χ0n) is 14.5. The van der Waals surface area contributed by atoms with Crippen LogP contribution in [0.15, 0.2) is 36.5 Å². The fourth-order valence-electron chi connectivity index (χ4n) is 4.14. The fourth-order valence-corrected chi connectivity index (χ4v) is 4.14. The molecule has 0 saturated heterocycles. The summed E-state index contributed by atoms with van der Waals surface area (Å²) in [6.45, 7) is 0. The second-order valence-electron chi connectivity index (χ2n) is 7.63. The summed E-state index contributed by atoms with van der Waals surface area (Å²) in [5, 5.41) is 4.68. The van der Waals surface area contributed by atoms with Gasteiger partial charge in [0.1, 0.15) is 5.82 Å². The molecule has 0 spiro atoms. The summed E-state index contributed by atoms with van der Waals surface area (Å²) in [6, 6.07) is 11.0. The summed E-state index contributed by atoms with van der Waals surface area (Å²) in [6.07, 6.45) is 11.1. The van der Waals surface area contributed by atoms with Crippen molar-refractivity contribution in [2.75, 3.05) is 5.73 Å². The number of benzene rings is 1. The average molecular weight is 332 g/mol.